The van der Waals surface area contributed by atoms with Crippen LogP contribution in [-0.4, -0.2) is 18.3 Å². The molecule has 2 nitrogen and oxygen atoms in total. The SMILES string of the molecule is C#CCCCS/C(=C/C(=O)OCC)CCCC. The molecule has 0 atom stereocenters. The highest BCUT2D eigenvalue weighted by Gasteiger charge is 2.03. The number of ether oxygens (including phenoxy) is 1. The van der Waals surface area contributed by atoms with Gasteiger partial charge in [-0.1, -0.05) is 13.3 Å². The molecular formula is C14H22O2S. The summed E-state index contributed by atoms with van der Waals surface area (Å²) in [7, 11) is 0. The Morgan fingerprint density at radius 1 is 1.41 bits per heavy atom. The molecule has 0 saturated heterocycles. The van der Waals surface area contributed by atoms with E-state index in [9.17, 15) is 4.79 Å². The van der Waals surface area contributed by atoms with E-state index in [2.05, 4.69) is 12.8 Å². The van der Waals surface area contributed by atoms with E-state index in [1.165, 1.54) is 0 Å². The van der Waals surface area contributed by atoms with Crippen LogP contribution in [0.2, 0.25) is 0 Å². The third-order valence-electron chi connectivity index (χ3n) is 2.10. The predicted molar refractivity (Wildman–Crippen MR) is 74.8 cm³/mol. The zero-order valence-corrected chi connectivity index (χ0v) is 11.6. The first-order chi connectivity index (χ1) is 8.24. The maximum absolute atomic E-state index is 11.4. The Hall–Kier alpha value is -0.880. The van der Waals surface area contributed by atoms with Crippen molar-refractivity contribution in [2.45, 2.75) is 46.0 Å². The third kappa shape index (κ3) is 10.0. The molecule has 0 saturated carbocycles. The van der Waals surface area contributed by atoms with E-state index in [1.807, 2.05) is 6.92 Å². The minimum atomic E-state index is -0.233. The van der Waals surface area contributed by atoms with Gasteiger partial charge in [0.1, 0.15) is 0 Å². The number of carbonyl (C=O) groups excluding carboxylic acids is 1. The first-order valence-corrected chi connectivity index (χ1v) is 7.16. The fourth-order valence-corrected chi connectivity index (χ4v) is 2.25. The third-order valence-corrected chi connectivity index (χ3v) is 3.28. The van der Waals surface area contributed by atoms with Crippen molar-refractivity contribution in [3.8, 4) is 12.3 Å². The molecule has 3 heteroatoms. The van der Waals surface area contributed by atoms with E-state index >= 15 is 0 Å². The summed E-state index contributed by atoms with van der Waals surface area (Å²) in [5.41, 5.74) is 0. The molecule has 17 heavy (non-hydrogen) atoms. The first kappa shape index (κ1) is 16.1. The molecule has 0 fully saturated rings. The van der Waals surface area contributed by atoms with Gasteiger partial charge in [0.15, 0.2) is 0 Å². The molecule has 0 bridgehead atoms. The minimum Gasteiger partial charge on any atom is -0.463 e. The van der Waals surface area contributed by atoms with Gasteiger partial charge >= 0.3 is 5.97 Å². The number of allylic oxidation sites excluding steroid dienone is 1. The van der Waals surface area contributed by atoms with Crippen molar-refractivity contribution >= 4 is 17.7 Å². The lowest BCUT2D eigenvalue weighted by molar-refractivity contribution is -0.137. The van der Waals surface area contributed by atoms with Gasteiger partial charge in [-0.05, 0) is 36.8 Å². The van der Waals surface area contributed by atoms with Crippen LogP contribution in [0.4, 0.5) is 0 Å². The average molecular weight is 254 g/mol. The van der Waals surface area contributed by atoms with Crippen molar-refractivity contribution in [3.63, 3.8) is 0 Å². The molecule has 0 aliphatic carbocycles. The lowest BCUT2D eigenvalue weighted by Gasteiger charge is -2.06. The highest BCUT2D eigenvalue weighted by molar-refractivity contribution is 8.03. The summed E-state index contributed by atoms with van der Waals surface area (Å²) in [6.45, 7) is 4.39. The molecule has 0 aromatic rings. The zero-order chi connectivity index (χ0) is 12.9. The number of esters is 1. The van der Waals surface area contributed by atoms with Gasteiger partial charge in [0.05, 0.1) is 6.61 Å². The number of carbonyl (C=O) groups is 1. The van der Waals surface area contributed by atoms with Gasteiger partial charge in [-0.25, -0.2) is 4.79 Å². The highest BCUT2D eigenvalue weighted by atomic mass is 32.2. The van der Waals surface area contributed by atoms with E-state index in [1.54, 1.807) is 17.8 Å². The van der Waals surface area contributed by atoms with Gasteiger partial charge in [-0.15, -0.1) is 24.1 Å². The van der Waals surface area contributed by atoms with E-state index < -0.39 is 0 Å². The Bertz CT molecular complexity index is 276. The van der Waals surface area contributed by atoms with Gasteiger partial charge in [0.2, 0.25) is 0 Å². The number of terminal acetylenes is 1. The summed E-state index contributed by atoms with van der Waals surface area (Å²) in [5.74, 6) is 3.36. The van der Waals surface area contributed by atoms with Crippen LogP contribution in [0, 0.1) is 12.3 Å². The molecule has 0 aliphatic rings. The Morgan fingerprint density at radius 3 is 2.76 bits per heavy atom. The van der Waals surface area contributed by atoms with E-state index in [0.717, 1.165) is 42.8 Å². The largest absolute Gasteiger partial charge is 0.463 e. The van der Waals surface area contributed by atoms with Crippen LogP contribution in [0.1, 0.15) is 46.0 Å². The van der Waals surface area contributed by atoms with Crippen molar-refractivity contribution in [1.82, 2.24) is 0 Å². The van der Waals surface area contributed by atoms with E-state index in [4.69, 9.17) is 11.2 Å². The summed E-state index contributed by atoms with van der Waals surface area (Å²) in [6.07, 6.45) is 11.8. The van der Waals surface area contributed by atoms with Crippen LogP contribution >= 0.6 is 11.8 Å². The molecule has 0 N–H and O–H groups in total. The fourth-order valence-electron chi connectivity index (χ4n) is 1.23. The zero-order valence-electron chi connectivity index (χ0n) is 10.8. The number of rotatable bonds is 9. The van der Waals surface area contributed by atoms with Crippen molar-refractivity contribution in [2.75, 3.05) is 12.4 Å². The molecule has 0 aliphatic heterocycles. The van der Waals surface area contributed by atoms with Gasteiger partial charge in [0.25, 0.3) is 0 Å². The second-order valence-electron chi connectivity index (χ2n) is 3.62. The molecule has 0 heterocycles. The average Bonchev–Trinajstić information content (AvgIpc) is 2.31. The Labute approximate surface area is 109 Å². The standard InChI is InChI=1S/C14H22O2S/c1-4-7-9-11-17-13(10-8-5-2)12-14(15)16-6-3/h1,12H,5-11H2,2-3H3/b13-12+. The summed E-state index contributed by atoms with van der Waals surface area (Å²) in [5, 5.41) is 0. The van der Waals surface area contributed by atoms with Gasteiger partial charge in [-0.2, -0.15) is 0 Å². The molecule has 0 aromatic heterocycles. The molecule has 96 valence electrons. The second-order valence-corrected chi connectivity index (χ2v) is 4.84. The van der Waals surface area contributed by atoms with Gasteiger partial charge < -0.3 is 4.74 Å². The summed E-state index contributed by atoms with van der Waals surface area (Å²) in [4.78, 5) is 12.5. The molecular weight excluding hydrogens is 232 g/mol. The maximum atomic E-state index is 11.4. The highest BCUT2D eigenvalue weighted by Crippen LogP contribution is 2.23. The van der Waals surface area contributed by atoms with Crippen molar-refractivity contribution < 1.29 is 9.53 Å². The summed E-state index contributed by atoms with van der Waals surface area (Å²) in [6, 6.07) is 0. The Kier molecular flexibility index (Phi) is 11.0. The predicted octanol–water partition coefficient (Wildman–Crippen LogP) is 3.77. The Balaban J connectivity index is 4.12. The quantitative estimate of drug-likeness (QED) is 0.271. The van der Waals surface area contributed by atoms with Crippen LogP contribution in [0.15, 0.2) is 11.0 Å². The van der Waals surface area contributed by atoms with Crippen LogP contribution < -0.4 is 0 Å². The lowest BCUT2D eigenvalue weighted by Crippen LogP contribution is -2.00. The van der Waals surface area contributed by atoms with E-state index in [-0.39, 0.29) is 5.97 Å². The first-order valence-electron chi connectivity index (χ1n) is 6.18. The minimum absolute atomic E-state index is 0.233. The molecule has 0 rings (SSSR count). The van der Waals surface area contributed by atoms with Crippen molar-refractivity contribution in [2.24, 2.45) is 0 Å². The van der Waals surface area contributed by atoms with Crippen LogP contribution in [0.3, 0.4) is 0 Å². The van der Waals surface area contributed by atoms with Crippen LogP contribution in [0.5, 0.6) is 0 Å². The number of thioether (sulfide) groups is 1. The normalized spacial score (nSPS) is 11.0. The topological polar surface area (TPSA) is 26.3 Å². The van der Waals surface area contributed by atoms with Gasteiger partial charge in [0, 0.05) is 12.5 Å². The fraction of sp³-hybridized carbons (Fsp3) is 0.643. The number of hydrogen-bond donors (Lipinski definition) is 0. The monoisotopic (exact) mass is 254 g/mol. The smallest absolute Gasteiger partial charge is 0.331 e. The molecule has 0 spiro atoms. The maximum Gasteiger partial charge on any atom is 0.331 e. The van der Waals surface area contributed by atoms with Crippen LogP contribution in [-0.2, 0) is 9.53 Å². The van der Waals surface area contributed by atoms with Gasteiger partial charge in [-0.3, -0.25) is 0 Å². The molecule has 0 amide bonds. The lowest BCUT2D eigenvalue weighted by atomic mass is 10.2. The molecule has 0 unspecified atom stereocenters. The Morgan fingerprint density at radius 2 is 2.18 bits per heavy atom. The van der Waals surface area contributed by atoms with Crippen molar-refractivity contribution in [3.05, 3.63) is 11.0 Å². The van der Waals surface area contributed by atoms with Crippen LogP contribution in [0.25, 0.3) is 0 Å². The molecule has 0 aromatic carbocycles. The van der Waals surface area contributed by atoms with Crippen molar-refractivity contribution in [1.29, 1.82) is 0 Å². The molecule has 0 radical (unpaired) electrons. The summed E-state index contributed by atoms with van der Waals surface area (Å²) >= 11 is 1.72. The summed E-state index contributed by atoms with van der Waals surface area (Å²) < 4.78 is 4.92. The number of unbranched alkanes of at least 4 members (excludes halogenated alkanes) is 2. The van der Waals surface area contributed by atoms with E-state index in [0.29, 0.717) is 6.61 Å². The second kappa shape index (κ2) is 11.6. The number of hydrogen-bond acceptors (Lipinski definition) is 3.